The first kappa shape index (κ1) is 19.7. The molecule has 4 aromatic rings. The zero-order chi connectivity index (χ0) is 21.4. The number of hydrogen-bond acceptors (Lipinski definition) is 2. The highest BCUT2D eigenvalue weighted by Crippen LogP contribution is 2.27. The highest BCUT2D eigenvalue weighted by Gasteiger charge is 2.19. The van der Waals surface area contributed by atoms with Gasteiger partial charge < -0.3 is 9.72 Å². The van der Waals surface area contributed by atoms with Crippen molar-refractivity contribution < 1.29 is 18.0 Å². The van der Waals surface area contributed by atoms with Crippen LogP contribution in [0.25, 0.3) is 16.9 Å². The average molecular weight is 409 g/mol. The number of imidazole rings is 1. The molecule has 2 aromatic heterocycles. The number of para-hydroxylation sites is 1. The zero-order valence-electron chi connectivity index (χ0n) is 16.3. The summed E-state index contributed by atoms with van der Waals surface area (Å²) in [4.78, 5) is 17.3. The quantitative estimate of drug-likeness (QED) is 0.503. The van der Waals surface area contributed by atoms with Crippen molar-refractivity contribution in [3.8, 4) is 11.3 Å². The Hall–Kier alpha value is -3.61. The molecular formula is C23H18F3N3O. The van der Waals surface area contributed by atoms with Gasteiger partial charge in [-0.1, -0.05) is 12.1 Å². The number of halogens is 3. The number of rotatable bonds is 4. The van der Waals surface area contributed by atoms with Crippen LogP contribution in [0.4, 0.5) is 18.9 Å². The summed E-state index contributed by atoms with van der Waals surface area (Å²) in [6, 6.07) is 11.7. The lowest BCUT2D eigenvalue weighted by atomic mass is 10.1. The molecule has 0 radical (unpaired) electrons. The Balaban J connectivity index is 1.77. The molecule has 0 unspecified atom stereocenters. The van der Waals surface area contributed by atoms with Crippen molar-refractivity contribution in [1.29, 1.82) is 0 Å². The molecule has 0 fully saturated rings. The van der Waals surface area contributed by atoms with Crippen LogP contribution in [0.5, 0.6) is 0 Å². The van der Waals surface area contributed by atoms with E-state index in [0.29, 0.717) is 28.2 Å². The third kappa shape index (κ3) is 3.66. The molecule has 0 aliphatic heterocycles. The lowest BCUT2D eigenvalue weighted by molar-refractivity contribution is -0.115. The summed E-state index contributed by atoms with van der Waals surface area (Å²) in [7, 11) is 0. The normalized spacial score (nSPS) is 11.1. The molecule has 152 valence electrons. The van der Waals surface area contributed by atoms with Crippen molar-refractivity contribution in [3.63, 3.8) is 0 Å². The molecule has 7 heteroatoms. The van der Waals surface area contributed by atoms with Gasteiger partial charge in [-0.25, -0.2) is 18.2 Å². The second-order valence-electron chi connectivity index (χ2n) is 7.13. The summed E-state index contributed by atoms with van der Waals surface area (Å²) in [5.41, 5.74) is 3.20. The van der Waals surface area contributed by atoms with Gasteiger partial charge in [-0.3, -0.25) is 4.79 Å². The molecule has 1 amide bonds. The van der Waals surface area contributed by atoms with Crippen molar-refractivity contribution in [3.05, 3.63) is 89.0 Å². The molecule has 0 saturated heterocycles. The maximum absolute atomic E-state index is 13.9. The largest absolute Gasteiger partial charge is 0.321 e. The van der Waals surface area contributed by atoms with E-state index in [4.69, 9.17) is 0 Å². The Bertz CT molecular complexity index is 1260. The van der Waals surface area contributed by atoms with E-state index < -0.39 is 23.2 Å². The monoisotopic (exact) mass is 409 g/mol. The van der Waals surface area contributed by atoms with E-state index in [0.717, 1.165) is 17.7 Å². The standard InChI is InChI=1S/C23H18F3N3O/c1-13-6-9-20-27-22(15-7-8-16(24)14(2)10-15)19(29(20)12-13)11-21(30)28-23-17(25)4-3-5-18(23)26/h3-10,12H,11H2,1-2H3,(H,28,30). The molecule has 0 spiro atoms. The maximum atomic E-state index is 13.9. The van der Waals surface area contributed by atoms with Gasteiger partial charge in [-0.05, 0) is 61.4 Å². The summed E-state index contributed by atoms with van der Waals surface area (Å²) in [6.45, 7) is 3.55. The molecule has 0 atom stereocenters. The van der Waals surface area contributed by atoms with Gasteiger partial charge in [0.05, 0.1) is 17.8 Å². The summed E-state index contributed by atoms with van der Waals surface area (Å²) >= 11 is 0. The summed E-state index contributed by atoms with van der Waals surface area (Å²) in [6.07, 6.45) is 1.65. The SMILES string of the molecule is Cc1ccc2nc(-c3ccc(F)c(C)c3)c(CC(=O)Nc3c(F)cccc3F)n2c1. The third-order valence-corrected chi connectivity index (χ3v) is 4.85. The minimum absolute atomic E-state index is 0.176. The smallest absolute Gasteiger partial charge is 0.230 e. The molecule has 1 N–H and O–H groups in total. The van der Waals surface area contributed by atoms with Gasteiger partial charge in [0.2, 0.25) is 5.91 Å². The second-order valence-corrected chi connectivity index (χ2v) is 7.13. The van der Waals surface area contributed by atoms with E-state index >= 15 is 0 Å². The number of benzene rings is 2. The number of aromatic nitrogens is 2. The first-order valence-corrected chi connectivity index (χ1v) is 9.31. The van der Waals surface area contributed by atoms with Crippen LogP contribution in [0.3, 0.4) is 0 Å². The predicted molar refractivity (Wildman–Crippen MR) is 109 cm³/mol. The number of aryl methyl sites for hydroxylation is 2. The second kappa shape index (κ2) is 7.67. The fraction of sp³-hybridized carbons (Fsp3) is 0.130. The molecule has 2 heterocycles. The first-order chi connectivity index (χ1) is 14.3. The molecule has 4 nitrogen and oxygen atoms in total. The van der Waals surface area contributed by atoms with E-state index in [2.05, 4.69) is 10.3 Å². The number of nitrogens with one attached hydrogen (secondary N) is 1. The highest BCUT2D eigenvalue weighted by molar-refractivity contribution is 5.93. The molecule has 0 saturated carbocycles. The van der Waals surface area contributed by atoms with Crippen LogP contribution < -0.4 is 5.32 Å². The number of pyridine rings is 1. The molecule has 2 aromatic carbocycles. The van der Waals surface area contributed by atoms with E-state index in [1.165, 1.54) is 12.1 Å². The van der Waals surface area contributed by atoms with Crippen LogP contribution in [-0.2, 0) is 11.2 Å². The van der Waals surface area contributed by atoms with Crippen LogP contribution in [0.2, 0.25) is 0 Å². The van der Waals surface area contributed by atoms with Gasteiger partial charge in [0, 0.05) is 11.8 Å². The predicted octanol–water partition coefficient (Wildman–Crippen LogP) is 5.22. The molecule has 0 aliphatic rings. The van der Waals surface area contributed by atoms with E-state index in [-0.39, 0.29) is 12.2 Å². The van der Waals surface area contributed by atoms with Crippen LogP contribution in [0, 0.1) is 31.3 Å². The van der Waals surface area contributed by atoms with Gasteiger partial charge >= 0.3 is 0 Å². The number of fused-ring (bicyclic) bond motifs is 1. The van der Waals surface area contributed by atoms with Crippen molar-refractivity contribution in [2.24, 2.45) is 0 Å². The zero-order valence-corrected chi connectivity index (χ0v) is 16.3. The third-order valence-electron chi connectivity index (χ3n) is 4.85. The highest BCUT2D eigenvalue weighted by atomic mass is 19.1. The first-order valence-electron chi connectivity index (χ1n) is 9.31. The number of carbonyl (C=O) groups is 1. The van der Waals surface area contributed by atoms with Crippen molar-refractivity contribution in [2.45, 2.75) is 20.3 Å². The summed E-state index contributed by atoms with van der Waals surface area (Å²) in [5, 5.41) is 2.31. The Morgan fingerprint density at radius 2 is 1.73 bits per heavy atom. The lowest BCUT2D eigenvalue weighted by Gasteiger charge is -2.10. The van der Waals surface area contributed by atoms with E-state index in [1.807, 2.05) is 25.3 Å². The maximum Gasteiger partial charge on any atom is 0.230 e. The number of amides is 1. The fourth-order valence-electron chi connectivity index (χ4n) is 3.34. The Morgan fingerprint density at radius 1 is 1.00 bits per heavy atom. The minimum atomic E-state index is -0.855. The van der Waals surface area contributed by atoms with Crippen molar-refractivity contribution in [2.75, 3.05) is 5.32 Å². The number of nitrogens with zero attached hydrogens (tertiary/aromatic N) is 2. The topological polar surface area (TPSA) is 46.4 Å². The Kier molecular flexibility index (Phi) is 5.03. The molecule has 30 heavy (non-hydrogen) atoms. The molecule has 0 bridgehead atoms. The van der Waals surface area contributed by atoms with Crippen LogP contribution >= 0.6 is 0 Å². The van der Waals surface area contributed by atoms with Crippen LogP contribution in [0.1, 0.15) is 16.8 Å². The summed E-state index contributed by atoms with van der Waals surface area (Å²) in [5.74, 6) is -2.64. The number of carbonyl (C=O) groups excluding carboxylic acids is 1. The average Bonchev–Trinajstić information content (AvgIpc) is 3.04. The van der Waals surface area contributed by atoms with Crippen molar-refractivity contribution >= 4 is 17.2 Å². The van der Waals surface area contributed by atoms with E-state index in [9.17, 15) is 18.0 Å². The molecule has 4 rings (SSSR count). The van der Waals surface area contributed by atoms with Gasteiger partial charge in [0.15, 0.2) is 0 Å². The van der Waals surface area contributed by atoms with Gasteiger partial charge in [-0.15, -0.1) is 0 Å². The minimum Gasteiger partial charge on any atom is -0.321 e. The Morgan fingerprint density at radius 3 is 2.43 bits per heavy atom. The van der Waals surface area contributed by atoms with E-state index in [1.54, 1.807) is 23.5 Å². The van der Waals surface area contributed by atoms with Crippen LogP contribution in [-0.4, -0.2) is 15.3 Å². The van der Waals surface area contributed by atoms with Crippen molar-refractivity contribution in [1.82, 2.24) is 9.38 Å². The van der Waals surface area contributed by atoms with Crippen LogP contribution in [0.15, 0.2) is 54.7 Å². The number of anilines is 1. The van der Waals surface area contributed by atoms with Gasteiger partial charge in [0.1, 0.15) is 28.8 Å². The summed E-state index contributed by atoms with van der Waals surface area (Å²) < 4.78 is 43.3. The Labute approximate surface area is 171 Å². The fourth-order valence-corrected chi connectivity index (χ4v) is 3.34. The van der Waals surface area contributed by atoms with Gasteiger partial charge in [-0.2, -0.15) is 0 Å². The number of hydrogen-bond donors (Lipinski definition) is 1. The van der Waals surface area contributed by atoms with Gasteiger partial charge in [0.25, 0.3) is 0 Å². The molecule has 0 aliphatic carbocycles. The molecular weight excluding hydrogens is 391 g/mol. The lowest BCUT2D eigenvalue weighted by Crippen LogP contribution is -2.18.